The number of rotatable bonds is 9. The van der Waals surface area contributed by atoms with Crippen molar-refractivity contribution < 1.29 is 5.48 Å². The zero-order valence-electron chi connectivity index (χ0n) is 30.9. The van der Waals surface area contributed by atoms with E-state index in [1.54, 1.807) is 16.7 Å². The lowest BCUT2D eigenvalue weighted by atomic mass is 9.73. The Morgan fingerprint density at radius 3 is 2.10 bits per heavy atom. The first kappa shape index (κ1) is 50.0. The number of allylic oxidation sites excluding steroid dienone is 13. The van der Waals surface area contributed by atoms with Crippen LogP contribution in [-0.2, 0) is 12.8 Å². The topological polar surface area (TPSA) is 31.5 Å². The van der Waals surface area contributed by atoms with Crippen molar-refractivity contribution in [1.29, 1.82) is 0 Å². The highest BCUT2D eigenvalue weighted by Gasteiger charge is 2.26. The molecule has 0 aliphatic heterocycles. The van der Waals surface area contributed by atoms with E-state index >= 15 is 0 Å². The van der Waals surface area contributed by atoms with Gasteiger partial charge in [-0.25, -0.2) is 0 Å². The molecule has 0 bridgehead atoms. The van der Waals surface area contributed by atoms with Crippen molar-refractivity contribution in [3.63, 3.8) is 0 Å². The first-order chi connectivity index (χ1) is 21.6. The molecule has 1 atom stereocenters. The second kappa shape index (κ2) is 25.6. The minimum atomic E-state index is 0. The quantitative estimate of drug-likeness (QED) is 0.238. The van der Waals surface area contributed by atoms with Gasteiger partial charge in [-0.15, -0.1) is 5.73 Å². The van der Waals surface area contributed by atoms with Crippen LogP contribution in [0, 0.1) is 11.3 Å². The summed E-state index contributed by atoms with van der Waals surface area (Å²) in [7, 11) is 0. The van der Waals surface area contributed by atoms with E-state index in [-0.39, 0.29) is 27.8 Å². The lowest BCUT2D eigenvalue weighted by molar-refractivity contribution is 0.432. The molecule has 0 amide bonds. The Kier molecular flexibility index (Phi) is 26.1. The minimum absolute atomic E-state index is 0. The average Bonchev–Trinajstić information content (AvgIpc) is 3.25. The van der Waals surface area contributed by atoms with E-state index in [0.717, 1.165) is 25.2 Å². The fourth-order valence-electron chi connectivity index (χ4n) is 6.36. The van der Waals surface area contributed by atoms with Crippen molar-refractivity contribution >= 4 is 10.8 Å². The van der Waals surface area contributed by atoms with Gasteiger partial charge in [0, 0.05) is 6.42 Å². The summed E-state index contributed by atoms with van der Waals surface area (Å²) in [5.74, 6) is 0.732. The van der Waals surface area contributed by atoms with E-state index in [9.17, 15) is 0 Å². The Labute approximate surface area is 305 Å². The molecule has 49 heavy (non-hydrogen) atoms. The number of hydrogen-bond acceptors (Lipinski definition) is 0. The number of hydrogen-bond donors (Lipinski definition) is 0. The predicted octanol–water partition coefficient (Wildman–Crippen LogP) is 15.1. The largest absolute Gasteiger partial charge is 0.412 e. The number of benzene rings is 2. The summed E-state index contributed by atoms with van der Waals surface area (Å²) in [6.45, 7) is 25.8. The molecule has 274 valence electrons. The highest BCUT2D eigenvalue weighted by atomic mass is 16.0. The van der Waals surface area contributed by atoms with E-state index < -0.39 is 0 Å². The first-order valence-electron chi connectivity index (χ1n) is 17.6. The fraction of sp³-hybridized carbons (Fsp3) is 0.479. The molecule has 0 saturated heterocycles. The smallest absolute Gasteiger partial charge is 0.00123 e. The van der Waals surface area contributed by atoms with Crippen LogP contribution in [0.25, 0.3) is 10.8 Å². The molecule has 2 N–H and O–H groups in total. The van der Waals surface area contributed by atoms with Gasteiger partial charge in [-0.05, 0) is 108 Å². The Hall–Kier alpha value is -3.38. The SMILES string of the molecule is C.C.C.C/C=C\C1=C(C)C=C(C(C)(C)C)CC1CCC.C=C=C(C)Cc1ccc(CC2=CC=CCC(CCC)=C2)c2ccccc12.CC.O. The predicted molar refractivity (Wildman–Crippen MR) is 228 cm³/mol. The highest BCUT2D eigenvalue weighted by molar-refractivity contribution is 5.89. The van der Waals surface area contributed by atoms with Crippen LogP contribution in [-0.4, -0.2) is 5.48 Å². The molecule has 0 fully saturated rings. The Morgan fingerprint density at radius 1 is 0.939 bits per heavy atom. The van der Waals surface area contributed by atoms with Crippen LogP contribution in [0.4, 0.5) is 0 Å². The van der Waals surface area contributed by atoms with Gasteiger partial charge in [-0.3, -0.25) is 0 Å². The van der Waals surface area contributed by atoms with Crippen molar-refractivity contribution in [1.82, 2.24) is 0 Å². The van der Waals surface area contributed by atoms with Gasteiger partial charge in [-0.1, -0.05) is 180 Å². The van der Waals surface area contributed by atoms with Crippen LogP contribution >= 0.6 is 0 Å². The van der Waals surface area contributed by atoms with Gasteiger partial charge >= 0.3 is 0 Å². The van der Waals surface area contributed by atoms with Crippen LogP contribution in [0.5, 0.6) is 0 Å². The Morgan fingerprint density at radius 2 is 1.55 bits per heavy atom. The maximum atomic E-state index is 3.78. The summed E-state index contributed by atoms with van der Waals surface area (Å²) >= 11 is 0. The lowest BCUT2D eigenvalue weighted by Gasteiger charge is -2.32. The summed E-state index contributed by atoms with van der Waals surface area (Å²) in [6.07, 6.45) is 25.3. The lowest BCUT2D eigenvalue weighted by Crippen LogP contribution is -2.18. The van der Waals surface area contributed by atoms with Crippen molar-refractivity contribution in [3.05, 3.63) is 136 Å². The molecule has 1 nitrogen and oxygen atoms in total. The maximum absolute atomic E-state index is 3.78. The van der Waals surface area contributed by atoms with Gasteiger partial charge in [0.05, 0.1) is 0 Å². The molecule has 1 unspecified atom stereocenters. The summed E-state index contributed by atoms with van der Waals surface area (Å²) in [4.78, 5) is 0. The normalized spacial score (nSPS) is 15.1. The van der Waals surface area contributed by atoms with Crippen LogP contribution in [0.3, 0.4) is 0 Å². The molecule has 2 aromatic carbocycles. The molecule has 1 heteroatoms. The first-order valence-corrected chi connectivity index (χ1v) is 17.6. The summed E-state index contributed by atoms with van der Waals surface area (Å²) in [5.41, 5.74) is 14.9. The van der Waals surface area contributed by atoms with Crippen LogP contribution < -0.4 is 0 Å². The molecule has 0 aromatic heterocycles. The average molecular weight is 669 g/mol. The van der Waals surface area contributed by atoms with E-state index in [4.69, 9.17) is 0 Å². The monoisotopic (exact) mass is 669 g/mol. The Bertz CT molecular complexity index is 1490. The van der Waals surface area contributed by atoms with Crippen LogP contribution in [0.1, 0.15) is 141 Å². The third-order valence-electron chi connectivity index (χ3n) is 8.74. The number of fused-ring (bicyclic) bond motifs is 1. The van der Waals surface area contributed by atoms with Gasteiger partial charge in [0.2, 0.25) is 0 Å². The standard InChI is InChI=1S/C26H28.C17H28.C2H6.3CH4.H2O/c1-4-10-21-11-6-7-12-22(18-21)19-24-16-15-23(17-20(3)5-2)25-13-8-9-14-26(24)25;1-7-9-14-12-15(17(4,5)6)11-13(3)16(14)10-8-2;1-2;;;;/h6-9,12-16,18H,2,4,10-11,17,19H2,1,3H3;8,10-11,14H,7,9,12H2,1-6H3;1-2H3;3*1H4;1H2/b;10-8-;;;;;. The van der Waals surface area contributed by atoms with Crippen molar-refractivity contribution in [2.24, 2.45) is 11.3 Å². The third-order valence-corrected chi connectivity index (χ3v) is 8.74. The molecular formula is C48H76O. The van der Waals surface area contributed by atoms with Gasteiger partial charge in [-0.2, -0.15) is 0 Å². The van der Waals surface area contributed by atoms with Crippen molar-refractivity contribution in [2.45, 2.75) is 143 Å². The zero-order chi connectivity index (χ0) is 33.4. The fourth-order valence-corrected chi connectivity index (χ4v) is 6.36. The molecule has 2 aromatic rings. The van der Waals surface area contributed by atoms with Crippen LogP contribution in [0.2, 0.25) is 0 Å². The molecule has 4 rings (SSSR count). The molecule has 0 heterocycles. The van der Waals surface area contributed by atoms with Gasteiger partial charge in [0.1, 0.15) is 0 Å². The molecule has 0 saturated carbocycles. The molecule has 0 spiro atoms. The van der Waals surface area contributed by atoms with E-state index in [2.05, 4.69) is 147 Å². The Balaban J connectivity index is -0.000000814. The molecule has 2 aliphatic rings. The molecular weight excluding hydrogens is 593 g/mol. The van der Waals surface area contributed by atoms with Crippen LogP contribution in [0.15, 0.2) is 125 Å². The maximum Gasteiger partial charge on any atom is 0.00123 e. The third kappa shape index (κ3) is 15.4. The van der Waals surface area contributed by atoms with Crippen molar-refractivity contribution in [3.8, 4) is 0 Å². The van der Waals surface area contributed by atoms with Crippen molar-refractivity contribution in [2.75, 3.05) is 0 Å². The highest BCUT2D eigenvalue weighted by Crippen LogP contribution is 2.40. The van der Waals surface area contributed by atoms with Gasteiger partial charge < -0.3 is 5.48 Å². The van der Waals surface area contributed by atoms with Gasteiger partial charge in [0.15, 0.2) is 0 Å². The van der Waals surface area contributed by atoms with E-state index in [1.807, 2.05) is 13.8 Å². The van der Waals surface area contributed by atoms with E-state index in [1.165, 1.54) is 70.7 Å². The van der Waals surface area contributed by atoms with E-state index in [0.29, 0.717) is 5.41 Å². The second-order valence-corrected chi connectivity index (χ2v) is 13.4. The second-order valence-electron chi connectivity index (χ2n) is 13.4. The summed E-state index contributed by atoms with van der Waals surface area (Å²) in [5, 5.41) is 2.71. The summed E-state index contributed by atoms with van der Waals surface area (Å²) in [6, 6.07) is 13.4. The van der Waals surface area contributed by atoms with Gasteiger partial charge in [0.25, 0.3) is 0 Å². The minimum Gasteiger partial charge on any atom is -0.412 e. The summed E-state index contributed by atoms with van der Waals surface area (Å²) < 4.78 is 0. The molecule has 2 aliphatic carbocycles. The zero-order valence-corrected chi connectivity index (χ0v) is 30.9. The molecule has 0 radical (unpaired) electrons.